The number of piperidine rings is 1. The molecular formula is C45H49F5N6O9. The summed E-state index contributed by atoms with van der Waals surface area (Å²) in [6.45, 7) is 4.97. The molecule has 0 saturated carbocycles. The molecule has 0 spiro atoms. The number of amides is 1. The first-order chi connectivity index (χ1) is 30.9. The molecule has 6 rings (SSSR count). The number of carboxylic acids is 2. The van der Waals surface area contributed by atoms with Crippen LogP contribution in [0.4, 0.5) is 22.0 Å². The number of likely N-dealkylation sites (tertiary alicyclic amines) is 1. The number of aliphatic carboxylic acids is 2. The highest BCUT2D eigenvalue weighted by Gasteiger charge is 2.32. The van der Waals surface area contributed by atoms with Crippen LogP contribution in [-0.4, -0.2) is 120 Å². The van der Waals surface area contributed by atoms with Crippen LogP contribution in [0.5, 0.6) is 0 Å². The summed E-state index contributed by atoms with van der Waals surface area (Å²) < 4.78 is 74.6. The number of aliphatic hydroxyl groups excluding tert-OH is 2. The predicted molar refractivity (Wildman–Crippen MR) is 224 cm³/mol. The quantitative estimate of drug-likeness (QED) is 0.0791. The minimum atomic E-state index is -4.43. The van der Waals surface area contributed by atoms with E-state index in [1.165, 1.54) is 35.0 Å². The van der Waals surface area contributed by atoms with E-state index in [9.17, 15) is 41.1 Å². The maximum absolute atomic E-state index is 14.6. The molecule has 3 heterocycles. The van der Waals surface area contributed by atoms with Gasteiger partial charge >= 0.3 is 18.1 Å². The fourth-order valence-corrected chi connectivity index (χ4v) is 7.29. The van der Waals surface area contributed by atoms with Crippen molar-refractivity contribution in [2.24, 2.45) is 0 Å². The number of aromatic nitrogens is 4. The number of methoxy groups -OCH3 is 1. The van der Waals surface area contributed by atoms with Crippen molar-refractivity contribution in [3.8, 4) is 11.1 Å². The number of ether oxygens (including phenoxy) is 1. The number of carbonyl (C=O) groups is 3. The second-order valence-electron chi connectivity index (χ2n) is 15.4. The van der Waals surface area contributed by atoms with E-state index in [-0.39, 0.29) is 43.3 Å². The van der Waals surface area contributed by atoms with Gasteiger partial charge in [-0.3, -0.25) is 14.7 Å². The Balaban J connectivity index is 0.000000709. The van der Waals surface area contributed by atoms with Crippen LogP contribution in [0.15, 0.2) is 90.0 Å². The number of alkyl halides is 3. The first-order valence-corrected chi connectivity index (χ1v) is 20.5. The van der Waals surface area contributed by atoms with E-state index in [0.717, 1.165) is 61.8 Å². The van der Waals surface area contributed by atoms with Crippen LogP contribution in [0.2, 0.25) is 0 Å². The van der Waals surface area contributed by atoms with E-state index >= 15 is 0 Å². The number of nitrogens with zero attached hydrogens (tertiary/aromatic N) is 5. The molecule has 0 bridgehead atoms. The number of hydrogen-bond acceptors (Lipinski definition) is 10. The normalized spacial score (nSPS) is 14.8. The molecule has 1 amide bonds. The summed E-state index contributed by atoms with van der Waals surface area (Å²) in [4.78, 5) is 51.7. The van der Waals surface area contributed by atoms with Crippen molar-refractivity contribution in [3.05, 3.63) is 141 Å². The second-order valence-corrected chi connectivity index (χ2v) is 15.4. The molecule has 3 unspecified atom stereocenters. The zero-order valence-electron chi connectivity index (χ0n) is 35.4. The Morgan fingerprint density at radius 1 is 0.908 bits per heavy atom. The highest BCUT2D eigenvalue weighted by atomic mass is 19.4. The summed E-state index contributed by atoms with van der Waals surface area (Å²) in [5.41, 5.74) is 2.75. The van der Waals surface area contributed by atoms with Gasteiger partial charge in [-0.25, -0.2) is 23.1 Å². The van der Waals surface area contributed by atoms with E-state index in [4.69, 9.17) is 30.3 Å². The van der Waals surface area contributed by atoms with Crippen molar-refractivity contribution in [3.63, 3.8) is 0 Å². The summed E-state index contributed by atoms with van der Waals surface area (Å²) in [5, 5.41) is 44.0. The van der Waals surface area contributed by atoms with Crippen LogP contribution < -0.4 is 5.56 Å². The number of aryl methyl sites for hydroxylation is 2. The van der Waals surface area contributed by atoms with Gasteiger partial charge in [0.1, 0.15) is 0 Å². The average molecular weight is 913 g/mol. The molecule has 20 heteroatoms. The predicted octanol–water partition coefficient (Wildman–Crippen LogP) is 4.88. The highest BCUT2D eigenvalue weighted by Crippen LogP contribution is 2.31. The van der Waals surface area contributed by atoms with E-state index in [2.05, 4.69) is 15.1 Å². The molecule has 15 nitrogen and oxygen atoms in total. The van der Waals surface area contributed by atoms with Gasteiger partial charge in [0.25, 0.3) is 5.56 Å². The lowest BCUT2D eigenvalue weighted by atomic mass is 9.98. The summed E-state index contributed by atoms with van der Waals surface area (Å²) in [7, 11) is 1.66. The maximum Gasteiger partial charge on any atom is 0.416 e. The molecule has 1 aliphatic heterocycles. The zero-order chi connectivity index (χ0) is 47.4. The molecule has 1 fully saturated rings. The molecule has 3 aromatic carbocycles. The summed E-state index contributed by atoms with van der Waals surface area (Å²) in [5.74, 6) is -5.67. The molecule has 65 heavy (non-hydrogen) atoms. The van der Waals surface area contributed by atoms with Gasteiger partial charge in [-0.2, -0.15) is 23.4 Å². The first-order valence-electron chi connectivity index (χ1n) is 20.5. The maximum atomic E-state index is 14.6. The number of hydrogen-bond donors (Lipinski definition) is 5. The smallest absolute Gasteiger partial charge is 0.416 e. The number of H-pyrrole nitrogens is 1. The van der Waals surface area contributed by atoms with Crippen molar-refractivity contribution in [1.29, 1.82) is 0 Å². The minimum absolute atomic E-state index is 0.0854. The zero-order valence-corrected chi connectivity index (χ0v) is 35.4. The fourth-order valence-electron chi connectivity index (χ4n) is 7.29. The van der Waals surface area contributed by atoms with Gasteiger partial charge < -0.3 is 35.0 Å². The van der Waals surface area contributed by atoms with Gasteiger partial charge in [0.15, 0.2) is 23.8 Å². The third-order valence-electron chi connectivity index (χ3n) is 11.1. The van der Waals surface area contributed by atoms with Crippen LogP contribution in [0.3, 0.4) is 0 Å². The van der Waals surface area contributed by atoms with E-state index in [0.29, 0.717) is 29.0 Å². The molecule has 1 saturated heterocycles. The van der Waals surface area contributed by atoms with E-state index < -0.39 is 59.1 Å². The Labute approximate surface area is 369 Å². The number of benzene rings is 3. The lowest BCUT2D eigenvalue weighted by Crippen LogP contribution is -2.48. The van der Waals surface area contributed by atoms with Crippen molar-refractivity contribution >= 4 is 17.8 Å². The topological polar surface area (TPSA) is 211 Å². The van der Waals surface area contributed by atoms with Gasteiger partial charge in [0, 0.05) is 57.2 Å². The lowest BCUT2D eigenvalue weighted by molar-refractivity contribution is -0.165. The summed E-state index contributed by atoms with van der Waals surface area (Å²) >= 11 is 0. The number of nitrogens with one attached hydrogen (secondary N) is 1. The van der Waals surface area contributed by atoms with E-state index in [1.807, 2.05) is 29.2 Å². The molecule has 348 valence electrons. The van der Waals surface area contributed by atoms with Crippen LogP contribution in [0.1, 0.15) is 59.3 Å². The average Bonchev–Trinajstić information content (AvgIpc) is 3.84. The first kappa shape index (κ1) is 49.7. The van der Waals surface area contributed by atoms with Crippen LogP contribution in [0.25, 0.3) is 11.1 Å². The molecule has 1 aliphatic rings. The Morgan fingerprint density at radius 3 is 2.06 bits per heavy atom. The Morgan fingerprint density at radius 2 is 1.51 bits per heavy atom. The SMILES string of the molecule is COCCN1CCC(N(Cc2ccc(-c3ccc(C(F)(F)F)cc3)cc2)C(=O)Cc2nn(C(C)c3cn[nH]c3)c(=O)cc2CCc2cccc(F)c2F)CC1.O=C(O)C(O)C(O)C(=O)O. The molecule has 2 aromatic heterocycles. The number of halogens is 5. The van der Waals surface area contributed by atoms with Crippen LogP contribution in [0, 0.1) is 11.6 Å². The number of aliphatic hydroxyl groups is 2. The van der Waals surface area contributed by atoms with Crippen molar-refractivity contribution < 1.29 is 61.5 Å². The minimum Gasteiger partial charge on any atom is -0.479 e. The van der Waals surface area contributed by atoms with Crippen molar-refractivity contribution in [2.45, 2.75) is 76.0 Å². The monoisotopic (exact) mass is 912 g/mol. The fraction of sp³-hybridized carbons (Fsp3) is 0.378. The van der Waals surface area contributed by atoms with Gasteiger partial charge in [0.2, 0.25) is 5.91 Å². The summed E-state index contributed by atoms with van der Waals surface area (Å²) in [6, 6.07) is 17.1. The van der Waals surface area contributed by atoms with Crippen molar-refractivity contribution in [1.82, 2.24) is 29.8 Å². The molecule has 0 aliphatic carbocycles. The molecular weight excluding hydrogens is 864 g/mol. The number of carbonyl (C=O) groups excluding carboxylic acids is 1. The molecule has 3 atom stereocenters. The number of rotatable bonds is 17. The number of carboxylic acid groups (broad SMARTS) is 2. The standard InChI is InChI=1S/C41H43F5N6O3.C4H6O6/c1-27(33-24-47-48-25-33)52-39(54)22-32(11-10-31-4-3-5-36(42)40(31)43)37(49-52)23-38(53)51(35-16-18-50(19-17-35)20-21-55-2)26-28-6-8-29(9-7-28)30-12-14-34(15-13-30)41(44,45)46;5-1(3(7)8)2(6)4(9)10/h3-9,12-15,22,24-25,27,35H,10-11,16-21,23,26H2,1-2H3,(H,47,48);1-2,5-6H,(H,7,8)(H,9,10). The van der Waals surface area contributed by atoms with E-state index in [1.54, 1.807) is 26.4 Å². The third-order valence-corrected chi connectivity index (χ3v) is 11.1. The Kier molecular flexibility index (Phi) is 17.2. The highest BCUT2D eigenvalue weighted by molar-refractivity contribution is 5.83. The Bertz CT molecular complexity index is 2410. The second kappa shape index (κ2) is 22.5. The molecule has 5 N–H and O–H groups in total. The van der Waals surface area contributed by atoms with Gasteiger partial charge in [0.05, 0.1) is 36.5 Å². The third kappa shape index (κ3) is 13.3. The van der Waals surface area contributed by atoms with Crippen LogP contribution in [-0.2, 0) is 51.1 Å². The molecule has 0 radical (unpaired) electrons. The van der Waals surface area contributed by atoms with Gasteiger partial charge in [-0.1, -0.05) is 48.5 Å². The largest absolute Gasteiger partial charge is 0.479 e. The van der Waals surface area contributed by atoms with Gasteiger partial charge in [-0.15, -0.1) is 0 Å². The van der Waals surface area contributed by atoms with Crippen molar-refractivity contribution in [2.75, 3.05) is 33.4 Å². The van der Waals surface area contributed by atoms with Crippen LogP contribution >= 0.6 is 0 Å². The lowest BCUT2D eigenvalue weighted by Gasteiger charge is -2.39. The molecule has 5 aromatic rings. The Hall–Kier alpha value is -6.35. The summed E-state index contributed by atoms with van der Waals surface area (Å²) in [6.07, 6.45) is -4.19. The number of aromatic amines is 1. The van der Waals surface area contributed by atoms with Gasteiger partial charge in [-0.05, 0) is 78.6 Å².